The van der Waals surface area contributed by atoms with Crippen molar-refractivity contribution in [2.24, 2.45) is 5.92 Å². The van der Waals surface area contributed by atoms with Gasteiger partial charge in [0, 0.05) is 28.4 Å². The maximum atomic E-state index is 12.3. The van der Waals surface area contributed by atoms with Crippen LogP contribution in [0.25, 0.3) is 0 Å². The van der Waals surface area contributed by atoms with Gasteiger partial charge in [-0.3, -0.25) is 4.79 Å². The van der Waals surface area contributed by atoms with Crippen LogP contribution >= 0.6 is 24.4 Å². The molecule has 2 rings (SSSR count). The summed E-state index contributed by atoms with van der Waals surface area (Å²) in [5.41, 5.74) is 0. The summed E-state index contributed by atoms with van der Waals surface area (Å²) in [6.45, 7) is 2.26. The highest BCUT2D eigenvalue weighted by atomic mass is 32.2. The molecule has 1 saturated heterocycles. The van der Waals surface area contributed by atoms with E-state index in [2.05, 4.69) is 12.6 Å². The molecular formula is C15H19NO3S2. The van der Waals surface area contributed by atoms with Gasteiger partial charge in [0.05, 0.1) is 0 Å². The SMILES string of the molecule is C[C@H](CS)C(=O)N1C[C@@H](Sc2ccccc2)C[C@@H]1C(=O)O. The number of thioether (sulfide) groups is 1. The number of carboxylic acid groups (broad SMARTS) is 1. The predicted molar refractivity (Wildman–Crippen MR) is 86.9 cm³/mol. The van der Waals surface area contributed by atoms with Gasteiger partial charge in [0.15, 0.2) is 0 Å². The number of nitrogens with zero attached hydrogens (tertiary/aromatic N) is 1. The fourth-order valence-electron chi connectivity index (χ4n) is 2.41. The Morgan fingerprint density at radius 1 is 1.43 bits per heavy atom. The molecule has 1 aliphatic heterocycles. The molecule has 3 atom stereocenters. The van der Waals surface area contributed by atoms with Crippen LogP contribution in [0.2, 0.25) is 0 Å². The second kappa shape index (κ2) is 7.22. The van der Waals surface area contributed by atoms with E-state index < -0.39 is 12.0 Å². The molecule has 0 spiro atoms. The fourth-order valence-corrected chi connectivity index (χ4v) is 3.78. The summed E-state index contributed by atoms with van der Waals surface area (Å²) in [6, 6.07) is 9.14. The van der Waals surface area contributed by atoms with E-state index in [-0.39, 0.29) is 17.1 Å². The molecule has 0 radical (unpaired) electrons. The number of amides is 1. The standard InChI is InChI=1S/C15H19NO3S2/c1-10(9-20)14(17)16-8-12(7-13(16)15(18)19)21-11-5-3-2-4-6-11/h2-6,10,12-13,20H,7-9H2,1H3,(H,18,19)/t10-,12+,13-/m1/s1. The number of likely N-dealkylation sites (tertiary alicyclic amines) is 1. The van der Waals surface area contributed by atoms with Crippen molar-refractivity contribution in [2.45, 2.75) is 29.5 Å². The number of carbonyl (C=O) groups is 2. The largest absolute Gasteiger partial charge is 0.480 e. The minimum Gasteiger partial charge on any atom is -0.480 e. The predicted octanol–water partition coefficient (Wildman–Crippen LogP) is 2.40. The minimum atomic E-state index is -0.925. The van der Waals surface area contributed by atoms with E-state index in [1.54, 1.807) is 18.7 Å². The molecule has 6 heteroatoms. The van der Waals surface area contributed by atoms with E-state index in [0.29, 0.717) is 18.7 Å². The van der Waals surface area contributed by atoms with E-state index in [1.807, 2.05) is 30.3 Å². The number of hydrogen-bond donors (Lipinski definition) is 2. The molecule has 1 aromatic rings. The lowest BCUT2D eigenvalue weighted by molar-refractivity contribution is -0.149. The Morgan fingerprint density at radius 2 is 2.10 bits per heavy atom. The van der Waals surface area contributed by atoms with Crippen molar-refractivity contribution in [3.8, 4) is 0 Å². The fraction of sp³-hybridized carbons (Fsp3) is 0.467. The number of rotatable bonds is 5. The molecule has 4 nitrogen and oxygen atoms in total. The van der Waals surface area contributed by atoms with Crippen molar-refractivity contribution in [1.29, 1.82) is 0 Å². The average Bonchev–Trinajstić information content (AvgIpc) is 2.90. The molecule has 1 amide bonds. The van der Waals surface area contributed by atoms with Crippen molar-refractivity contribution in [3.63, 3.8) is 0 Å². The maximum Gasteiger partial charge on any atom is 0.326 e. The summed E-state index contributed by atoms with van der Waals surface area (Å²) >= 11 is 5.77. The van der Waals surface area contributed by atoms with E-state index in [4.69, 9.17) is 0 Å². The van der Waals surface area contributed by atoms with Gasteiger partial charge in [-0.15, -0.1) is 11.8 Å². The van der Waals surface area contributed by atoms with Crippen molar-refractivity contribution in [1.82, 2.24) is 4.90 Å². The molecule has 1 aromatic carbocycles. The van der Waals surface area contributed by atoms with Gasteiger partial charge in [0.25, 0.3) is 0 Å². The van der Waals surface area contributed by atoms with Crippen molar-refractivity contribution in [3.05, 3.63) is 30.3 Å². The molecule has 1 heterocycles. The van der Waals surface area contributed by atoms with Gasteiger partial charge in [0.1, 0.15) is 6.04 Å². The summed E-state index contributed by atoms with van der Waals surface area (Å²) in [4.78, 5) is 26.3. The molecule has 0 unspecified atom stereocenters. The van der Waals surface area contributed by atoms with Gasteiger partial charge in [-0.25, -0.2) is 4.79 Å². The lowest BCUT2D eigenvalue weighted by Crippen LogP contribution is -2.43. The lowest BCUT2D eigenvalue weighted by Gasteiger charge is -2.24. The number of hydrogen-bond acceptors (Lipinski definition) is 4. The van der Waals surface area contributed by atoms with Gasteiger partial charge in [0.2, 0.25) is 5.91 Å². The Balaban J connectivity index is 2.08. The lowest BCUT2D eigenvalue weighted by atomic mass is 10.1. The summed E-state index contributed by atoms with van der Waals surface area (Å²) in [5, 5.41) is 9.46. The highest BCUT2D eigenvalue weighted by Crippen LogP contribution is 2.33. The van der Waals surface area contributed by atoms with Crippen LogP contribution in [0.15, 0.2) is 35.2 Å². The van der Waals surface area contributed by atoms with E-state index in [9.17, 15) is 14.7 Å². The molecule has 0 aliphatic carbocycles. The summed E-state index contributed by atoms with van der Waals surface area (Å²) in [6.07, 6.45) is 0.486. The van der Waals surface area contributed by atoms with Gasteiger partial charge in [-0.1, -0.05) is 25.1 Å². The van der Waals surface area contributed by atoms with Gasteiger partial charge in [-0.2, -0.15) is 12.6 Å². The molecule has 0 saturated carbocycles. The molecule has 21 heavy (non-hydrogen) atoms. The maximum absolute atomic E-state index is 12.3. The van der Waals surface area contributed by atoms with Crippen LogP contribution in [0, 0.1) is 5.92 Å². The van der Waals surface area contributed by atoms with Crippen LogP contribution in [0.1, 0.15) is 13.3 Å². The van der Waals surface area contributed by atoms with Crippen molar-refractivity contribution >= 4 is 36.3 Å². The van der Waals surface area contributed by atoms with Crippen LogP contribution in [0.3, 0.4) is 0 Å². The molecule has 114 valence electrons. The zero-order valence-electron chi connectivity index (χ0n) is 11.8. The Labute approximate surface area is 134 Å². The van der Waals surface area contributed by atoms with Crippen LogP contribution < -0.4 is 0 Å². The Bertz CT molecular complexity index is 509. The number of aliphatic carboxylic acids is 1. The molecule has 0 aromatic heterocycles. The van der Waals surface area contributed by atoms with Crippen LogP contribution in [0.4, 0.5) is 0 Å². The Hall–Kier alpha value is -1.14. The highest BCUT2D eigenvalue weighted by Gasteiger charge is 2.40. The zero-order valence-corrected chi connectivity index (χ0v) is 13.5. The number of benzene rings is 1. The summed E-state index contributed by atoms with van der Waals surface area (Å²) < 4.78 is 0. The van der Waals surface area contributed by atoms with E-state index in [0.717, 1.165) is 4.90 Å². The quantitative estimate of drug-likeness (QED) is 0.816. The van der Waals surface area contributed by atoms with Crippen LogP contribution in [-0.2, 0) is 9.59 Å². The number of carboxylic acids is 1. The zero-order chi connectivity index (χ0) is 15.4. The minimum absolute atomic E-state index is 0.115. The second-order valence-electron chi connectivity index (χ2n) is 5.22. The third-order valence-electron chi connectivity index (χ3n) is 3.57. The first-order chi connectivity index (χ1) is 10.0. The van der Waals surface area contributed by atoms with Crippen molar-refractivity contribution in [2.75, 3.05) is 12.3 Å². The van der Waals surface area contributed by atoms with E-state index in [1.165, 1.54) is 4.90 Å². The monoisotopic (exact) mass is 325 g/mol. The van der Waals surface area contributed by atoms with Gasteiger partial charge >= 0.3 is 5.97 Å². The molecule has 1 aliphatic rings. The molecule has 0 bridgehead atoms. The normalized spacial score (nSPS) is 23.0. The van der Waals surface area contributed by atoms with Crippen LogP contribution in [-0.4, -0.2) is 45.5 Å². The number of carbonyl (C=O) groups excluding carboxylic acids is 1. The van der Waals surface area contributed by atoms with E-state index >= 15 is 0 Å². The summed E-state index contributed by atoms with van der Waals surface area (Å²) in [5.74, 6) is -0.867. The molecule has 1 fully saturated rings. The third-order valence-corrected chi connectivity index (χ3v) is 5.34. The Kier molecular flexibility index (Phi) is 5.58. The van der Waals surface area contributed by atoms with Gasteiger partial charge in [-0.05, 0) is 18.6 Å². The first-order valence-electron chi connectivity index (χ1n) is 6.88. The smallest absolute Gasteiger partial charge is 0.326 e. The molecular weight excluding hydrogens is 306 g/mol. The summed E-state index contributed by atoms with van der Waals surface area (Å²) in [7, 11) is 0. The number of thiol groups is 1. The highest BCUT2D eigenvalue weighted by molar-refractivity contribution is 8.00. The Morgan fingerprint density at radius 3 is 2.67 bits per heavy atom. The second-order valence-corrected chi connectivity index (χ2v) is 6.96. The topological polar surface area (TPSA) is 57.6 Å². The first kappa shape index (κ1) is 16.2. The van der Waals surface area contributed by atoms with Gasteiger partial charge < -0.3 is 10.0 Å². The molecule has 1 N–H and O–H groups in total. The first-order valence-corrected chi connectivity index (χ1v) is 8.40. The van der Waals surface area contributed by atoms with Crippen LogP contribution in [0.5, 0.6) is 0 Å². The average molecular weight is 325 g/mol. The third kappa shape index (κ3) is 3.95. The van der Waals surface area contributed by atoms with Crippen molar-refractivity contribution < 1.29 is 14.7 Å².